The highest BCUT2D eigenvalue weighted by atomic mass is 35.5. The number of halogens is 2. The van der Waals surface area contributed by atoms with Gasteiger partial charge in [0.1, 0.15) is 17.4 Å². The number of rotatable bonds is 8. The van der Waals surface area contributed by atoms with E-state index in [0.29, 0.717) is 37.6 Å². The van der Waals surface area contributed by atoms with Crippen molar-refractivity contribution in [3.8, 4) is 0 Å². The SMILES string of the molecule is C=C(O)/C=N\C(=C)N(C)CCN(C)C1CCN(c2ccc(Cl)c(F)c2)C1=O. The van der Waals surface area contributed by atoms with E-state index in [1.165, 1.54) is 18.3 Å². The molecule has 0 spiro atoms. The average Bonchev–Trinajstić information content (AvgIpc) is 3.01. The Kier molecular flexibility index (Phi) is 6.98. The van der Waals surface area contributed by atoms with Crippen LogP contribution in [0.4, 0.5) is 10.1 Å². The molecule has 1 aliphatic rings. The van der Waals surface area contributed by atoms with Crippen molar-refractivity contribution in [1.82, 2.24) is 9.80 Å². The van der Waals surface area contributed by atoms with Crippen LogP contribution in [0.3, 0.4) is 0 Å². The van der Waals surface area contributed by atoms with E-state index in [9.17, 15) is 9.18 Å². The molecule has 2 rings (SSSR count). The highest BCUT2D eigenvalue weighted by Crippen LogP contribution is 2.27. The number of allylic oxidation sites excluding steroid dienone is 1. The molecule has 1 aliphatic heterocycles. The lowest BCUT2D eigenvalue weighted by molar-refractivity contribution is -0.121. The van der Waals surface area contributed by atoms with Crippen molar-refractivity contribution >= 4 is 29.4 Å². The summed E-state index contributed by atoms with van der Waals surface area (Å²) in [5, 5.41) is 9.08. The highest BCUT2D eigenvalue weighted by molar-refractivity contribution is 6.30. The van der Waals surface area contributed by atoms with Gasteiger partial charge in [-0.05, 0) is 31.7 Å². The number of aliphatic imine (C=N–C) groups is 1. The van der Waals surface area contributed by atoms with Crippen LogP contribution in [0.1, 0.15) is 6.42 Å². The average molecular weight is 395 g/mol. The third-order valence-electron chi connectivity index (χ3n) is 4.52. The summed E-state index contributed by atoms with van der Waals surface area (Å²) in [7, 11) is 3.71. The lowest BCUT2D eigenvalue weighted by Gasteiger charge is -2.27. The first kappa shape index (κ1) is 20.9. The molecule has 0 bridgehead atoms. The third-order valence-corrected chi connectivity index (χ3v) is 4.82. The Morgan fingerprint density at radius 3 is 2.78 bits per heavy atom. The minimum absolute atomic E-state index is 0.0368. The number of aliphatic hydroxyl groups excluding tert-OH is 1. The fourth-order valence-corrected chi connectivity index (χ4v) is 2.94. The molecular weight excluding hydrogens is 371 g/mol. The Balaban J connectivity index is 1.93. The molecule has 27 heavy (non-hydrogen) atoms. The number of likely N-dealkylation sites (N-methyl/N-ethyl adjacent to an activating group) is 2. The predicted octanol–water partition coefficient (Wildman–Crippen LogP) is 3.06. The van der Waals surface area contributed by atoms with Gasteiger partial charge in [-0.25, -0.2) is 9.38 Å². The second-order valence-electron chi connectivity index (χ2n) is 6.46. The first-order valence-corrected chi connectivity index (χ1v) is 8.87. The number of benzene rings is 1. The molecule has 0 aliphatic carbocycles. The van der Waals surface area contributed by atoms with Crippen molar-refractivity contribution in [3.63, 3.8) is 0 Å². The number of nitrogens with zero attached hydrogens (tertiary/aromatic N) is 4. The summed E-state index contributed by atoms with van der Waals surface area (Å²) in [5.74, 6) is -0.258. The van der Waals surface area contributed by atoms with Gasteiger partial charge >= 0.3 is 0 Å². The van der Waals surface area contributed by atoms with Crippen LogP contribution < -0.4 is 4.90 Å². The molecule has 1 fully saturated rings. The van der Waals surface area contributed by atoms with Crippen molar-refractivity contribution in [3.05, 3.63) is 53.8 Å². The summed E-state index contributed by atoms with van der Waals surface area (Å²) in [6.45, 7) is 8.89. The van der Waals surface area contributed by atoms with Crippen molar-refractivity contribution in [2.45, 2.75) is 12.5 Å². The molecule has 0 saturated carbocycles. The Hall–Kier alpha value is -2.38. The van der Waals surface area contributed by atoms with E-state index in [2.05, 4.69) is 18.2 Å². The van der Waals surface area contributed by atoms with Crippen molar-refractivity contribution in [1.29, 1.82) is 0 Å². The second-order valence-corrected chi connectivity index (χ2v) is 6.87. The highest BCUT2D eigenvalue weighted by Gasteiger charge is 2.35. The molecule has 1 aromatic carbocycles. The lowest BCUT2D eigenvalue weighted by atomic mass is 10.2. The molecular formula is C19H24ClFN4O2. The van der Waals surface area contributed by atoms with Crippen LogP contribution in [-0.2, 0) is 4.79 Å². The molecule has 6 nitrogen and oxygen atoms in total. The van der Waals surface area contributed by atoms with Gasteiger partial charge in [0.2, 0.25) is 5.91 Å². The predicted molar refractivity (Wildman–Crippen MR) is 107 cm³/mol. The van der Waals surface area contributed by atoms with Crippen LogP contribution >= 0.6 is 11.6 Å². The lowest BCUT2D eigenvalue weighted by Crippen LogP contribution is -2.42. The number of hydrogen-bond donors (Lipinski definition) is 1. The normalized spacial score (nSPS) is 17.1. The zero-order chi connectivity index (χ0) is 20.1. The molecule has 1 amide bonds. The number of aliphatic hydroxyl groups is 1. The summed E-state index contributed by atoms with van der Waals surface area (Å²) in [5.41, 5.74) is 0.516. The van der Waals surface area contributed by atoms with E-state index in [0.717, 1.165) is 0 Å². The van der Waals surface area contributed by atoms with Gasteiger partial charge in [-0.2, -0.15) is 0 Å². The monoisotopic (exact) mass is 394 g/mol. The van der Waals surface area contributed by atoms with Crippen LogP contribution in [0.25, 0.3) is 0 Å². The van der Waals surface area contributed by atoms with Gasteiger partial charge in [0.15, 0.2) is 0 Å². The van der Waals surface area contributed by atoms with Crippen molar-refractivity contribution in [2.75, 3.05) is 38.6 Å². The van der Waals surface area contributed by atoms with Crippen molar-refractivity contribution < 1.29 is 14.3 Å². The maximum Gasteiger partial charge on any atom is 0.244 e. The number of amides is 1. The van der Waals surface area contributed by atoms with E-state index >= 15 is 0 Å². The maximum absolute atomic E-state index is 13.7. The molecule has 1 heterocycles. The molecule has 1 atom stereocenters. The fraction of sp³-hybridized carbons (Fsp3) is 0.368. The Morgan fingerprint density at radius 1 is 1.44 bits per heavy atom. The van der Waals surface area contributed by atoms with Gasteiger partial charge in [-0.15, -0.1) is 0 Å². The summed E-state index contributed by atoms with van der Waals surface area (Å²) < 4.78 is 13.7. The largest absolute Gasteiger partial charge is 0.507 e. The first-order chi connectivity index (χ1) is 12.7. The number of carbonyl (C=O) groups is 1. The van der Waals surface area contributed by atoms with E-state index < -0.39 is 5.82 Å². The van der Waals surface area contributed by atoms with Gasteiger partial charge in [0.25, 0.3) is 0 Å². The number of carbonyl (C=O) groups excluding carboxylic acids is 1. The Labute approximate surface area is 163 Å². The first-order valence-electron chi connectivity index (χ1n) is 8.49. The standard InChI is InChI=1S/C19H24ClFN4O2/c1-13(26)12-22-14(2)23(3)9-10-24(4)18-7-8-25(19(18)27)15-5-6-16(20)17(21)11-15/h5-6,11-12,18,26H,1-2,7-10H2,3-4H3/b22-12-. The van der Waals surface area contributed by atoms with Gasteiger partial charge in [0, 0.05) is 32.4 Å². The van der Waals surface area contributed by atoms with E-state index in [4.69, 9.17) is 16.7 Å². The molecule has 146 valence electrons. The molecule has 8 heteroatoms. The summed E-state index contributed by atoms with van der Waals surface area (Å²) in [4.78, 5) is 22.1. The molecule has 1 N–H and O–H groups in total. The molecule has 0 radical (unpaired) electrons. The number of anilines is 1. The van der Waals surface area contributed by atoms with Gasteiger partial charge in [0.05, 0.1) is 17.3 Å². The van der Waals surface area contributed by atoms with E-state index in [-0.39, 0.29) is 22.7 Å². The maximum atomic E-state index is 13.7. The summed E-state index contributed by atoms with van der Waals surface area (Å²) >= 11 is 5.71. The topological polar surface area (TPSA) is 59.4 Å². The zero-order valence-electron chi connectivity index (χ0n) is 15.5. The van der Waals surface area contributed by atoms with E-state index in [1.807, 2.05) is 23.9 Å². The van der Waals surface area contributed by atoms with Crippen LogP contribution in [0.2, 0.25) is 5.02 Å². The molecule has 1 saturated heterocycles. The fourth-order valence-electron chi connectivity index (χ4n) is 2.82. The second kappa shape index (κ2) is 9.01. The number of hydrogen-bond acceptors (Lipinski definition) is 5. The van der Waals surface area contributed by atoms with Gasteiger partial charge in [-0.3, -0.25) is 9.69 Å². The molecule has 1 aromatic rings. The summed E-state index contributed by atoms with van der Waals surface area (Å²) in [6.07, 6.45) is 1.89. The minimum atomic E-state index is -0.537. The molecule has 0 aromatic heterocycles. The van der Waals surface area contributed by atoms with Gasteiger partial charge < -0.3 is 14.9 Å². The molecule has 1 unspecified atom stereocenters. The quantitative estimate of drug-likeness (QED) is 0.544. The minimum Gasteiger partial charge on any atom is -0.507 e. The summed E-state index contributed by atoms with van der Waals surface area (Å²) in [6, 6.07) is 4.12. The van der Waals surface area contributed by atoms with Crippen LogP contribution in [0.15, 0.2) is 47.9 Å². The van der Waals surface area contributed by atoms with Gasteiger partial charge in [-0.1, -0.05) is 24.8 Å². The van der Waals surface area contributed by atoms with Crippen LogP contribution in [0.5, 0.6) is 0 Å². The van der Waals surface area contributed by atoms with Crippen LogP contribution in [0, 0.1) is 5.82 Å². The van der Waals surface area contributed by atoms with E-state index in [1.54, 1.807) is 11.0 Å². The van der Waals surface area contributed by atoms with Crippen molar-refractivity contribution in [2.24, 2.45) is 4.99 Å². The van der Waals surface area contributed by atoms with Crippen LogP contribution in [-0.4, -0.2) is 66.8 Å². The Morgan fingerprint density at radius 2 is 2.15 bits per heavy atom. The zero-order valence-corrected chi connectivity index (χ0v) is 16.3. The Bertz CT molecular complexity index is 768. The smallest absolute Gasteiger partial charge is 0.244 e. The third kappa shape index (κ3) is 5.30.